The molecule has 3 rings (SSSR count). The Morgan fingerprint density at radius 1 is 1.06 bits per heavy atom. The van der Waals surface area contributed by atoms with Crippen LogP contribution in [-0.2, 0) is 6.42 Å². The number of nitrogens with zero attached hydrogens (tertiary/aromatic N) is 2. The zero-order chi connectivity index (χ0) is 12.2. The van der Waals surface area contributed by atoms with Crippen LogP contribution in [0.15, 0.2) is 43.0 Å². The molecule has 0 aliphatic heterocycles. The standard InChI is InChI=1S/C15H17N3/c1-3-7-14-12(5-1)6-2-4-8-15(14)18-13-9-16-11-17-10-13/h1,3,5,7,9-11,15,18H,2,4,6,8H2. The van der Waals surface area contributed by atoms with Gasteiger partial charge in [0.25, 0.3) is 0 Å². The van der Waals surface area contributed by atoms with Crippen molar-refractivity contribution in [2.75, 3.05) is 5.32 Å². The predicted molar refractivity (Wildman–Crippen MR) is 72.4 cm³/mol. The normalized spacial score (nSPS) is 18.8. The molecule has 3 heteroatoms. The maximum atomic E-state index is 4.06. The van der Waals surface area contributed by atoms with Gasteiger partial charge in [0.2, 0.25) is 0 Å². The van der Waals surface area contributed by atoms with E-state index in [1.54, 1.807) is 6.33 Å². The van der Waals surface area contributed by atoms with Gasteiger partial charge in [-0.25, -0.2) is 9.97 Å². The van der Waals surface area contributed by atoms with Crippen LogP contribution in [0.2, 0.25) is 0 Å². The Morgan fingerprint density at radius 2 is 1.89 bits per heavy atom. The minimum atomic E-state index is 0.384. The minimum Gasteiger partial charge on any atom is -0.376 e. The quantitative estimate of drug-likeness (QED) is 0.817. The van der Waals surface area contributed by atoms with Crippen molar-refractivity contribution >= 4 is 5.69 Å². The maximum absolute atomic E-state index is 4.06. The second-order valence-corrected chi connectivity index (χ2v) is 4.77. The van der Waals surface area contributed by atoms with Crippen LogP contribution in [0, 0.1) is 0 Å². The van der Waals surface area contributed by atoms with E-state index in [1.165, 1.54) is 36.8 Å². The second-order valence-electron chi connectivity index (χ2n) is 4.77. The number of aryl methyl sites for hydroxylation is 1. The summed E-state index contributed by atoms with van der Waals surface area (Å²) in [5, 5.41) is 3.55. The molecule has 3 nitrogen and oxygen atoms in total. The van der Waals surface area contributed by atoms with Crippen LogP contribution in [0.25, 0.3) is 0 Å². The molecule has 92 valence electrons. The number of hydrogen-bond acceptors (Lipinski definition) is 3. The maximum Gasteiger partial charge on any atom is 0.115 e. The first-order valence-electron chi connectivity index (χ1n) is 6.53. The van der Waals surface area contributed by atoms with E-state index in [0.29, 0.717) is 6.04 Å². The number of aromatic nitrogens is 2. The Bertz CT molecular complexity index is 510. The van der Waals surface area contributed by atoms with E-state index >= 15 is 0 Å². The second kappa shape index (κ2) is 5.17. The Hall–Kier alpha value is -1.90. The van der Waals surface area contributed by atoms with Crippen molar-refractivity contribution in [2.45, 2.75) is 31.7 Å². The molecule has 1 atom stereocenters. The molecule has 1 unspecified atom stereocenters. The SMILES string of the molecule is c1ccc2c(c1)CCCCC2Nc1cncnc1. The van der Waals surface area contributed by atoms with E-state index in [9.17, 15) is 0 Å². The van der Waals surface area contributed by atoms with Crippen LogP contribution in [0.3, 0.4) is 0 Å². The van der Waals surface area contributed by atoms with Gasteiger partial charge in [-0.05, 0) is 30.4 Å². The van der Waals surface area contributed by atoms with Gasteiger partial charge in [-0.3, -0.25) is 0 Å². The summed E-state index contributed by atoms with van der Waals surface area (Å²) >= 11 is 0. The summed E-state index contributed by atoms with van der Waals surface area (Å²) in [5.74, 6) is 0. The molecule has 1 aliphatic carbocycles. The third kappa shape index (κ3) is 2.35. The lowest BCUT2D eigenvalue weighted by Gasteiger charge is -2.20. The van der Waals surface area contributed by atoms with Crippen molar-refractivity contribution in [3.05, 3.63) is 54.1 Å². The van der Waals surface area contributed by atoms with Crippen LogP contribution in [0.1, 0.15) is 36.4 Å². The monoisotopic (exact) mass is 239 g/mol. The molecule has 0 radical (unpaired) electrons. The van der Waals surface area contributed by atoms with Crippen LogP contribution >= 0.6 is 0 Å². The highest BCUT2D eigenvalue weighted by atomic mass is 15.0. The minimum absolute atomic E-state index is 0.384. The molecule has 1 aliphatic rings. The van der Waals surface area contributed by atoms with Crippen LogP contribution in [-0.4, -0.2) is 9.97 Å². The Labute approximate surface area is 107 Å². The summed E-state index contributed by atoms with van der Waals surface area (Å²) in [5.41, 5.74) is 3.91. The first-order chi connectivity index (χ1) is 8.93. The number of fused-ring (bicyclic) bond motifs is 1. The van der Waals surface area contributed by atoms with Crippen LogP contribution in [0.5, 0.6) is 0 Å². The van der Waals surface area contributed by atoms with Gasteiger partial charge in [-0.2, -0.15) is 0 Å². The van der Waals surface area contributed by atoms with E-state index in [-0.39, 0.29) is 0 Å². The van der Waals surface area contributed by atoms with Crippen molar-refractivity contribution in [1.82, 2.24) is 9.97 Å². The smallest absolute Gasteiger partial charge is 0.115 e. The summed E-state index contributed by atoms with van der Waals surface area (Å²) in [6.07, 6.45) is 10.1. The summed E-state index contributed by atoms with van der Waals surface area (Å²) in [6, 6.07) is 9.13. The molecule has 0 fully saturated rings. The molecule has 0 spiro atoms. The Balaban J connectivity index is 1.88. The molecule has 1 aromatic carbocycles. The zero-order valence-corrected chi connectivity index (χ0v) is 10.3. The van der Waals surface area contributed by atoms with E-state index in [0.717, 1.165) is 5.69 Å². The van der Waals surface area contributed by atoms with Gasteiger partial charge in [0, 0.05) is 0 Å². The highest BCUT2D eigenvalue weighted by Crippen LogP contribution is 2.30. The van der Waals surface area contributed by atoms with Gasteiger partial charge in [0.05, 0.1) is 24.1 Å². The van der Waals surface area contributed by atoms with Crippen LogP contribution < -0.4 is 5.32 Å². The van der Waals surface area contributed by atoms with Gasteiger partial charge in [0.15, 0.2) is 0 Å². The first-order valence-corrected chi connectivity index (χ1v) is 6.53. The molecule has 1 N–H and O–H groups in total. The fourth-order valence-corrected chi connectivity index (χ4v) is 2.65. The summed E-state index contributed by atoms with van der Waals surface area (Å²) in [7, 11) is 0. The largest absolute Gasteiger partial charge is 0.376 e. The van der Waals surface area contributed by atoms with Gasteiger partial charge < -0.3 is 5.32 Å². The molecule has 1 aromatic heterocycles. The molecule has 2 aromatic rings. The Kier molecular flexibility index (Phi) is 3.22. The summed E-state index contributed by atoms with van der Waals surface area (Å²) in [4.78, 5) is 8.11. The zero-order valence-electron chi connectivity index (χ0n) is 10.3. The van der Waals surface area contributed by atoms with Crippen molar-refractivity contribution in [3.63, 3.8) is 0 Å². The highest BCUT2D eigenvalue weighted by molar-refractivity contribution is 5.43. The summed E-state index contributed by atoms with van der Waals surface area (Å²) in [6.45, 7) is 0. The van der Waals surface area contributed by atoms with Crippen molar-refractivity contribution in [1.29, 1.82) is 0 Å². The fourth-order valence-electron chi connectivity index (χ4n) is 2.65. The molecule has 0 bridgehead atoms. The van der Waals surface area contributed by atoms with Gasteiger partial charge >= 0.3 is 0 Å². The fraction of sp³-hybridized carbons (Fsp3) is 0.333. The lowest BCUT2D eigenvalue weighted by Crippen LogP contribution is -2.11. The molecule has 18 heavy (non-hydrogen) atoms. The highest BCUT2D eigenvalue weighted by Gasteiger charge is 2.17. The van der Waals surface area contributed by atoms with Crippen molar-refractivity contribution < 1.29 is 0 Å². The average molecular weight is 239 g/mol. The van der Waals surface area contributed by atoms with Gasteiger partial charge in [-0.1, -0.05) is 30.7 Å². The topological polar surface area (TPSA) is 37.8 Å². The molecule has 0 saturated heterocycles. The van der Waals surface area contributed by atoms with E-state index in [4.69, 9.17) is 0 Å². The van der Waals surface area contributed by atoms with E-state index < -0.39 is 0 Å². The van der Waals surface area contributed by atoms with E-state index in [2.05, 4.69) is 39.6 Å². The lowest BCUT2D eigenvalue weighted by molar-refractivity contribution is 0.643. The van der Waals surface area contributed by atoms with Gasteiger partial charge in [-0.15, -0.1) is 0 Å². The van der Waals surface area contributed by atoms with E-state index in [1.807, 2.05) is 12.4 Å². The van der Waals surface area contributed by atoms with Gasteiger partial charge in [0.1, 0.15) is 6.33 Å². The number of anilines is 1. The third-order valence-corrected chi connectivity index (χ3v) is 3.52. The summed E-state index contributed by atoms with van der Waals surface area (Å²) < 4.78 is 0. The molecular formula is C15H17N3. The van der Waals surface area contributed by atoms with Crippen LogP contribution in [0.4, 0.5) is 5.69 Å². The number of nitrogens with one attached hydrogen (secondary N) is 1. The Morgan fingerprint density at radius 3 is 2.78 bits per heavy atom. The molecular weight excluding hydrogens is 222 g/mol. The molecule has 0 amide bonds. The molecule has 0 saturated carbocycles. The number of benzene rings is 1. The number of rotatable bonds is 2. The third-order valence-electron chi connectivity index (χ3n) is 3.52. The molecule has 1 heterocycles. The lowest BCUT2D eigenvalue weighted by atomic mass is 9.99. The predicted octanol–water partition coefficient (Wildman–Crippen LogP) is 3.36. The average Bonchev–Trinajstić information content (AvgIpc) is 2.63. The first kappa shape index (κ1) is 11.2. The van der Waals surface area contributed by atoms with Crippen molar-refractivity contribution in [3.8, 4) is 0 Å². The number of hydrogen-bond donors (Lipinski definition) is 1. The van der Waals surface area contributed by atoms with Crippen molar-refractivity contribution in [2.24, 2.45) is 0 Å².